The molecule has 0 fully saturated rings. The summed E-state index contributed by atoms with van der Waals surface area (Å²) in [6.07, 6.45) is 5.28. The molecule has 0 saturated carbocycles. The van der Waals surface area contributed by atoms with Gasteiger partial charge in [0, 0.05) is 31.0 Å². The van der Waals surface area contributed by atoms with Gasteiger partial charge in [-0.15, -0.1) is 11.6 Å². The summed E-state index contributed by atoms with van der Waals surface area (Å²) in [6.45, 7) is 12.3. The van der Waals surface area contributed by atoms with Crippen molar-refractivity contribution in [1.82, 2.24) is 19.9 Å². The number of carbonyl (C=O) groups excluding carboxylic acids is 2. The predicted octanol–water partition coefficient (Wildman–Crippen LogP) is 6.11. The fraction of sp³-hybridized carbons (Fsp3) is 0.343. The Morgan fingerprint density at radius 1 is 0.652 bits per heavy atom. The largest absolute Gasteiger partial charge is 0.495 e. The molecule has 1 aliphatic heterocycles. The molecule has 2 N–H and O–H groups in total. The molecule has 1 aliphatic rings. The number of pyridine rings is 3. The van der Waals surface area contributed by atoms with Crippen LogP contribution in [0.2, 0.25) is 0 Å². The Hall–Kier alpha value is -4.54. The Morgan fingerprint density at radius 3 is 1.41 bits per heavy atom. The normalized spacial score (nSPS) is 11.7. The minimum absolute atomic E-state index is 0.196. The third-order valence-corrected chi connectivity index (χ3v) is 8.17. The molecule has 10 nitrogen and oxygen atoms in total. The summed E-state index contributed by atoms with van der Waals surface area (Å²) in [7, 11) is 4.88. The van der Waals surface area contributed by atoms with Crippen LogP contribution in [0.3, 0.4) is 0 Å². The molecular formula is C35H42ClN5O5. The second-order valence-corrected chi connectivity index (χ2v) is 10.9. The van der Waals surface area contributed by atoms with Gasteiger partial charge in [-0.05, 0) is 87.1 Å². The maximum atomic E-state index is 12.4. The van der Waals surface area contributed by atoms with Gasteiger partial charge in [-0.2, -0.15) is 0 Å². The topological polar surface area (TPSA) is 130 Å². The molecule has 0 atom stereocenters. The first kappa shape index (κ1) is 35.9. The number of amides is 2. The lowest BCUT2D eigenvalue weighted by Crippen LogP contribution is -2.29. The highest BCUT2D eigenvalue weighted by Gasteiger charge is 2.35. The summed E-state index contributed by atoms with van der Waals surface area (Å²) >= 11 is 5.72. The van der Waals surface area contributed by atoms with Gasteiger partial charge >= 0.3 is 0 Å². The maximum absolute atomic E-state index is 12.4. The van der Waals surface area contributed by atoms with Crippen LogP contribution in [0.25, 0.3) is 0 Å². The van der Waals surface area contributed by atoms with Crippen molar-refractivity contribution in [2.24, 2.45) is 5.73 Å². The smallest absolute Gasteiger partial charge is 0.261 e. The lowest BCUT2D eigenvalue weighted by molar-refractivity contribution is 0.0642. The zero-order valence-electron chi connectivity index (χ0n) is 27.9. The van der Waals surface area contributed by atoms with Gasteiger partial charge in [-0.3, -0.25) is 29.4 Å². The van der Waals surface area contributed by atoms with Gasteiger partial charge < -0.3 is 19.9 Å². The molecule has 4 heterocycles. The standard InChI is InChI=1S/C17H16N2O3.C9H12ClNO.C9H14N2O/c1-10-12(8-18-11(2)15(10)22-3)9-19-16(20)13-6-4-5-7-14(13)17(19)21;2*1-6-8(4-10)5-11-7(2)9(6)12-3/h4-8H,9H2,1-3H3;5H,4H2,1-3H3;5H,4,10H2,1-3H3. The SMILES string of the molecule is COc1c(C)ncc(CCl)c1C.COc1c(C)ncc(CN)c1C.COc1c(C)ncc(CN2C(=O)c3ccccc3C2=O)c1C. The van der Waals surface area contributed by atoms with Crippen molar-refractivity contribution in [1.29, 1.82) is 0 Å². The van der Waals surface area contributed by atoms with E-state index >= 15 is 0 Å². The Balaban J connectivity index is 0.000000205. The number of hydrogen-bond acceptors (Lipinski definition) is 9. The van der Waals surface area contributed by atoms with Crippen molar-refractivity contribution in [3.63, 3.8) is 0 Å². The van der Waals surface area contributed by atoms with Crippen molar-refractivity contribution in [3.8, 4) is 17.2 Å². The van der Waals surface area contributed by atoms with E-state index < -0.39 is 0 Å². The van der Waals surface area contributed by atoms with E-state index in [2.05, 4.69) is 15.0 Å². The predicted molar refractivity (Wildman–Crippen MR) is 179 cm³/mol. The van der Waals surface area contributed by atoms with Crippen LogP contribution in [0.1, 0.15) is 71.2 Å². The van der Waals surface area contributed by atoms with Gasteiger partial charge in [0.1, 0.15) is 17.2 Å². The molecule has 3 aromatic heterocycles. The second-order valence-electron chi connectivity index (χ2n) is 10.7. The number of aryl methyl sites for hydroxylation is 3. The lowest BCUT2D eigenvalue weighted by atomic mass is 10.1. The number of ether oxygens (including phenoxy) is 3. The maximum Gasteiger partial charge on any atom is 0.261 e. The van der Waals surface area contributed by atoms with Gasteiger partial charge in [0.25, 0.3) is 11.8 Å². The number of nitrogens with zero attached hydrogens (tertiary/aromatic N) is 4. The summed E-state index contributed by atoms with van der Waals surface area (Å²) in [5, 5.41) is 0. The van der Waals surface area contributed by atoms with E-state index in [4.69, 9.17) is 31.5 Å². The number of halogens is 1. The highest BCUT2D eigenvalue weighted by Crippen LogP contribution is 2.29. The monoisotopic (exact) mass is 647 g/mol. The van der Waals surface area contributed by atoms with Crippen LogP contribution in [0.5, 0.6) is 17.2 Å². The van der Waals surface area contributed by atoms with Crippen molar-refractivity contribution in [2.75, 3.05) is 21.3 Å². The highest BCUT2D eigenvalue weighted by molar-refractivity contribution is 6.21. The number of methoxy groups -OCH3 is 3. The van der Waals surface area contributed by atoms with Gasteiger partial charge in [0.15, 0.2) is 0 Å². The van der Waals surface area contributed by atoms with Crippen LogP contribution >= 0.6 is 11.6 Å². The molecule has 1 aromatic carbocycles. The van der Waals surface area contributed by atoms with E-state index in [9.17, 15) is 9.59 Å². The Morgan fingerprint density at radius 2 is 1.02 bits per heavy atom. The Labute approximate surface area is 275 Å². The second kappa shape index (κ2) is 16.1. The fourth-order valence-corrected chi connectivity index (χ4v) is 5.47. The van der Waals surface area contributed by atoms with E-state index in [1.165, 1.54) is 4.90 Å². The van der Waals surface area contributed by atoms with Gasteiger partial charge in [-0.1, -0.05) is 12.1 Å². The van der Waals surface area contributed by atoms with Crippen LogP contribution in [-0.4, -0.2) is 53.0 Å². The third kappa shape index (κ3) is 7.63. The Bertz CT molecular complexity index is 1630. The number of carbonyl (C=O) groups is 2. The van der Waals surface area contributed by atoms with E-state index in [1.54, 1.807) is 64.2 Å². The van der Waals surface area contributed by atoms with E-state index in [1.807, 2.05) is 41.5 Å². The number of rotatable bonds is 7. The van der Waals surface area contributed by atoms with Crippen LogP contribution in [-0.2, 0) is 19.0 Å². The van der Waals surface area contributed by atoms with Crippen LogP contribution in [0.4, 0.5) is 0 Å². The lowest BCUT2D eigenvalue weighted by Gasteiger charge is -2.17. The fourth-order valence-electron chi connectivity index (χ4n) is 5.20. The van der Waals surface area contributed by atoms with E-state index in [-0.39, 0.29) is 18.4 Å². The minimum atomic E-state index is -0.264. The number of imide groups is 1. The first-order chi connectivity index (χ1) is 21.9. The number of aromatic nitrogens is 3. The number of fused-ring (bicyclic) bond motifs is 1. The average molecular weight is 648 g/mol. The summed E-state index contributed by atoms with van der Waals surface area (Å²) in [5.74, 6) is 2.33. The molecule has 0 unspecified atom stereocenters. The van der Waals surface area contributed by atoms with Crippen molar-refractivity contribution >= 4 is 23.4 Å². The molecular weight excluding hydrogens is 606 g/mol. The molecule has 4 aromatic rings. The van der Waals surface area contributed by atoms with E-state index in [0.717, 1.165) is 62.0 Å². The average Bonchev–Trinajstić information content (AvgIpc) is 3.28. The third-order valence-electron chi connectivity index (χ3n) is 7.88. The molecule has 0 saturated heterocycles. The first-order valence-electron chi connectivity index (χ1n) is 14.6. The molecule has 244 valence electrons. The van der Waals surface area contributed by atoms with Crippen LogP contribution in [0, 0.1) is 41.5 Å². The summed E-state index contributed by atoms with van der Waals surface area (Å²) in [6, 6.07) is 6.87. The number of benzene rings is 1. The van der Waals surface area contributed by atoms with Gasteiger partial charge in [-0.25, -0.2) is 0 Å². The number of nitrogens with two attached hydrogens (primary N) is 1. The molecule has 5 rings (SSSR count). The van der Waals surface area contributed by atoms with Crippen molar-refractivity contribution in [2.45, 2.75) is 60.5 Å². The van der Waals surface area contributed by atoms with Crippen molar-refractivity contribution < 1.29 is 23.8 Å². The van der Waals surface area contributed by atoms with Gasteiger partial charge in [0.2, 0.25) is 0 Å². The zero-order valence-corrected chi connectivity index (χ0v) is 28.7. The number of alkyl halides is 1. The number of hydrogen-bond donors (Lipinski definition) is 1. The Kier molecular flexibility index (Phi) is 12.6. The van der Waals surface area contributed by atoms with Crippen LogP contribution in [0.15, 0.2) is 42.9 Å². The molecule has 46 heavy (non-hydrogen) atoms. The summed E-state index contributed by atoms with van der Waals surface area (Å²) < 4.78 is 15.7. The van der Waals surface area contributed by atoms with Crippen molar-refractivity contribution in [3.05, 3.63) is 104 Å². The van der Waals surface area contributed by atoms with Gasteiger partial charge in [0.05, 0.1) is 56.1 Å². The van der Waals surface area contributed by atoms with E-state index in [0.29, 0.717) is 29.3 Å². The summed E-state index contributed by atoms with van der Waals surface area (Å²) in [4.78, 5) is 38.7. The molecule has 0 radical (unpaired) electrons. The molecule has 0 spiro atoms. The molecule has 2 amide bonds. The zero-order chi connectivity index (χ0) is 34.1. The molecule has 11 heteroatoms. The minimum Gasteiger partial charge on any atom is -0.495 e. The quantitative estimate of drug-likeness (QED) is 0.186. The first-order valence-corrected chi connectivity index (χ1v) is 15.2. The molecule has 0 aliphatic carbocycles. The van der Waals surface area contributed by atoms with Crippen LogP contribution < -0.4 is 19.9 Å². The highest BCUT2D eigenvalue weighted by atomic mass is 35.5. The molecule has 0 bridgehead atoms. The summed E-state index contributed by atoms with van der Waals surface area (Å²) in [5.41, 5.74) is 15.0.